The predicted octanol–water partition coefficient (Wildman–Crippen LogP) is 11.8. The van der Waals surface area contributed by atoms with Crippen LogP contribution in [0.2, 0.25) is 0 Å². The van der Waals surface area contributed by atoms with Crippen LogP contribution in [0, 0.1) is 22.7 Å². The van der Waals surface area contributed by atoms with Crippen LogP contribution in [0.1, 0.15) is 40.2 Å². The van der Waals surface area contributed by atoms with Crippen molar-refractivity contribution in [3.05, 3.63) is 193 Å². The van der Waals surface area contributed by atoms with Gasteiger partial charge >= 0.3 is 6.18 Å². The van der Waals surface area contributed by atoms with E-state index in [1.54, 1.807) is 86.0 Å². The molecule has 5 aromatic carbocycles. The maximum Gasteiger partial charge on any atom is 0.417 e. The lowest BCUT2D eigenvalue weighted by atomic mass is 9.90. The molecule has 0 saturated carbocycles. The van der Waals surface area contributed by atoms with E-state index in [1.807, 2.05) is 75.9 Å². The normalized spacial score (nSPS) is 12.4. The smallest absolute Gasteiger partial charge is 0.307 e. The van der Waals surface area contributed by atoms with Gasteiger partial charge in [-0.05, 0) is 96.8 Å². The Hall–Kier alpha value is -9.73. The largest absolute Gasteiger partial charge is 0.417 e. The van der Waals surface area contributed by atoms with E-state index in [4.69, 9.17) is 0 Å². The lowest BCUT2D eigenvalue weighted by molar-refractivity contribution is -0.137. The Morgan fingerprint density at radius 1 is 0.471 bits per heavy atom. The third kappa shape index (κ3) is 6.91. The molecule has 0 spiro atoms. The van der Waals surface area contributed by atoms with Crippen molar-refractivity contribution >= 4 is 44.4 Å². The van der Waals surface area contributed by atoms with Gasteiger partial charge in [0.15, 0.2) is 23.3 Å². The van der Waals surface area contributed by atoms with Crippen LogP contribution in [-0.4, -0.2) is 49.0 Å². The van der Waals surface area contributed by atoms with Crippen molar-refractivity contribution in [1.82, 2.24) is 49.0 Å². The van der Waals surface area contributed by atoms with Crippen molar-refractivity contribution in [2.24, 2.45) is 0 Å². The fraction of sp³-hybridized carbons (Fsp3) is 0.0545. The molecular weight excluding hydrogens is 886 g/mol. The average molecular weight is 917 g/mol. The lowest BCUT2D eigenvalue weighted by Crippen LogP contribution is -2.11. The molecule has 0 unspecified atom stereocenters. The molecule has 0 amide bonds. The van der Waals surface area contributed by atoms with Gasteiger partial charge in [-0.25, -0.2) is 39.9 Å². The maximum atomic E-state index is 15.3. The molecule has 0 N–H and O–H groups in total. The Balaban J connectivity index is 1.27. The van der Waals surface area contributed by atoms with E-state index >= 15 is 13.2 Å². The van der Waals surface area contributed by atoms with E-state index in [9.17, 15) is 10.5 Å². The molecule has 0 atom stereocenters. The second-order valence-electron chi connectivity index (χ2n) is 16.5. The zero-order chi connectivity index (χ0) is 47.5. The van der Waals surface area contributed by atoms with E-state index < -0.39 is 17.3 Å². The van der Waals surface area contributed by atoms with Gasteiger partial charge in [-0.3, -0.25) is 0 Å². The first kappa shape index (κ1) is 41.7. The first-order chi connectivity index (χ1) is 34.3. The average Bonchev–Trinajstić information content (AvgIpc) is 3.92. The summed E-state index contributed by atoms with van der Waals surface area (Å²) in [7, 11) is 0. The van der Waals surface area contributed by atoms with Gasteiger partial charge in [-0.2, -0.15) is 23.7 Å². The van der Waals surface area contributed by atoms with Crippen molar-refractivity contribution in [1.29, 1.82) is 10.5 Å². The number of rotatable bonds is 7. The molecule has 12 nitrogen and oxygen atoms in total. The number of aryl methyl sites for hydroxylation is 1. The Morgan fingerprint density at radius 3 is 1.44 bits per heavy atom. The highest BCUT2D eigenvalue weighted by molar-refractivity contribution is 6.11. The minimum atomic E-state index is -4.89. The summed E-state index contributed by atoms with van der Waals surface area (Å²) >= 11 is 0. The van der Waals surface area contributed by atoms with E-state index in [-0.39, 0.29) is 16.7 Å². The molecular formula is C55H31F3N12. The quantitative estimate of drug-likeness (QED) is 0.150. The molecule has 6 aromatic heterocycles. The van der Waals surface area contributed by atoms with E-state index in [0.29, 0.717) is 80.8 Å². The summed E-state index contributed by atoms with van der Waals surface area (Å²) in [5.41, 5.74) is 5.71. The first-order valence-electron chi connectivity index (χ1n) is 22.0. The lowest BCUT2D eigenvalue weighted by Gasteiger charge is -2.23. The Labute approximate surface area is 396 Å². The van der Waals surface area contributed by atoms with Crippen molar-refractivity contribution in [3.63, 3.8) is 0 Å². The van der Waals surface area contributed by atoms with Crippen LogP contribution >= 0.6 is 0 Å². The number of halogens is 3. The molecule has 332 valence electrons. The minimum absolute atomic E-state index is 0.0761. The van der Waals surface area contributed by atoms with Crippen molar-refractivity contribution in [2.45, 2.75) is 19.0 Å². The number of aromatic nitrogens is 10. The van der Waals surface area contributed by atoms with Gasteiger partial charge in [0.2, 0.25) is 0 Å². The van der Waals surface area contributed by atoms with Crippen LogP contribution in [0.5, 0.6) is 0 Å². The summed E-state index contributed by atoms with van der Waals surface area (Å²) in [6, 6.07) is 35.6. The highest BCUT2D eigenvalue weighted by Crippen LogP contribution is 2.47. The highest BCUT2D eigenvalue weighted by Gasteiger charge is 2.36. The molecule has 0 bridgehead atoms. The molecule has 11 aromatic rings. The molecule has 12 rings (SSSR count). The second kappa shape index (κ2) is 16.6. The predicted molar refractivity (Wildman–Crippen MR) is 259 cm³/mol. The minimum Gasteiger partial charge on any atom is -0.307 e. The Bertz CT molecular complexity index is 3910. The summed E-state index contributed by atoms with van der Waals surface area (Å²) in [4.78, 5) is 36.6. The molecule has 0 radical (unpaired) electrons. The molecule has 0 aliphatic heterocycles. The van der Waals surface area contributed by atoms with Crippen LogP contribution in [-0.2, 0) is 12.6 Å². The van der Waals surface area contributed by atoms with Gasteiger partial charge in [-0.1, -0.05) is 42.5 Å². The monoisotopic (exact) mass is 916 g/mol. The Kier molecular flexibility index (Phi) is 9.86. The summed E-state index contributed by atoms with van der Waals surface area (Å²) < 4.78 is 49.8. The Morgan fingerprint density at radius 2 is 0.943 bits per heavy atom. The van der Waals surface area contributed by atoms with Gasteiger partial charge < -0.3 is 9.13 Å². The first-order valence-corrected chi connectivity index (χ1v) is 22.0. The van der Waals surface area contributed by atoms with Gasteiger partial charge in [0.1, 0.15) is 0 Å². The molecule has 1 aliphatic rings. The van der Waals surface area contributed by atoms with Gasteiger partial charge in [0.25, 0.3) is 0 Å². The molecule has 6 heterocycles. The molecule has 0 fully saturated rings. The van der Waals surface area contributed by atoms with Crippen molar-refractivity contribution in [3.8, 4) is 68.8 Å². The number of nitrogens with zero attached hydrogens (tertiary/aromatic N) is 12. The zero-order valence-corrected chi connectivity index (χ0v) is 36.5. The van der Waals surface area contributed by atoms with Crippen molar-refractivity contribution in [2.75, 3.05) is 0 Å². The number of hydrogen-bond acceptors (Lipinski definition) is 10. The number of hydrogen-bond donors (Lipinski definition) is 0. The standard InChI is InChI=1S/C55H31F3N12/c56-55(57,58)43-7-1-6-36(30-59)50(43)42-29-49(70-46-26-34(53-65-20-4-21-66-53)10-14-40(46)41-15-11-35(27-47(41)70)54-67-22-5-23-68-54)48(28-37(42)31-60)69-44-24-32(51-61-16-2-17-62-51)8-12-38(44)39-13-9-33(25-45(39)69)52-63-18-3-19-64-52/h1-10,12-14,16-29H,11,15H2. The summed E-state index contributed by atoms with van der Waals surface area (Å²) in [5, 5.41) is 24.2. The molecule has 70 heavy (non-hydrogen) atoms. The fourth-order valence-corrected chi connectivity index (χ4v) is 9.63. The second-order valence-corrected chi connectivity index (χ2v) is 16.5. The maximum absolute atomic E-state index is 15.3. The van der Waals surface area contributed by atoms with Gasteiger partial charge in [0.05, 0.1) is 62.4 Å². The summed E-state index contributed by atoms with van der Waals surface area (Å²) in [6.45, 7) is 0. The highest BCUT2D eigenvalue weighted by atomic mass is 19.4. The molecule has 15 heteroatoms. The van der Waals surface area contributed by atoms with Crippen LogP contribution < -0.4 is 0 Å². The van der Waals surface area contributed by atoms with Crippen molar-refractivity contribution < 1.29 is 13.2 Å². The third-order valence-corrected chi connectivity index (χ3v) is 12.6. The van der Waals surface area contributed by atoms with Gasteiger partial charge in [0, 0.05) is 93.6 Å². The van der Waals surface area contributed by atoms with Crippen LogP contribution in [0.3, 0.4) is 0 Å². The summed E-state index contributed by atoms with van der Waals surface area (Å²) in [6.07, 6.45) is 11.7. The number of alkyl halides is 3. The SMILES string of the molecule is N#Cc1cc(-n2c3cc(-c4ncccn4)ccc3c3ccc(-c4ncccn4)cc32)c(-n2c3c(c4ccc(-c5ncccn5)cc42)CCC(c2ncccn2)=C3)cc1-c1c(C#N)cccc1C(F)(F)F. The van der Waals surface area contributed by atoms with E-state index in [1.165, 1.54) is 12.1 Å². The summed E-state index contributed by atoms with van der Waals surface area (Å²) in [5.74, 6) is 1.96. The van der Waals surface area contributed by atoms with Crippen LogP contribution in [0.15, 0.2) is 159 Å². The van der Waals surface area contributed by atoms with Crippen LogP contribution in [0.4, 0.5) is 13.2 Å². The van der Waals surface area contributed by atoms with E-state index in [0.717, 1.165) is 39.1 Å². The molecule has 0 saturated heterocycles. The van der Waals surface area contributed by atoms with Crippen LogP contribution in [0.25, 0.3) is 101 Å². The third-order valence-electron chi connectivity index (χ3n) is 12.6. The number of nitriles is 2. The fourth-order valence-electron chi connectivity index (χ4n) is 9.63. The topological polar surface area (TPSA) is 161 Å². The van der Waals surface area contributed by atoms with Gasteiger partial charge in [-0.15, -0.1) is 0 Å². The number of benzene rings is 5. The number of allylic oxidation sites excluding steroid dienone is 1. The zero-order valence-electron chi connectivity index (χ0n) is 36.5. The number of fused-ring (bicyclic) bond motifs is 6. The van der Waals surface area contributed by atoms with E-state index in [2.05, 4.69) is 45.9 Å². The molecule has 1 aliphatic carbocycles.